The summed E-state index contributed by atoms with van der Waals surface area (Å²) in [7, 11) is 0. The van der Waals surface area contributed by atoms with Crippen LogP contribution in [0.2, 0.25) is 0 Å². The van der Waals surface area contributed by atoms with Crippen molar-refractivity contribution in [2.75, 3.05) is 6.54 Å². The van der Waals surface area contributed by atoms with Crippen LogP contribution in [0.3, 0.4) is 0 Å². The normalized spacial score (nSPS) is 44.4. The van der Waals surface area contributed by atoms with Crippen molar-refractivity contribution in [2.24, 2.45) is 23.7 Å². The number of unbranched alkanes of at least 4 members (excludes halogenated alkanes) is 1. The van der Waals surface area contributed by atoms with E-state index in [1.165, 1.54) is 19.4 Å². The molecule has 0 heterocycles. The molecule has 1 nitrogen and oxygen atoms in total. The second kappa shape index (κ2) is 5.27. The quantitative estimate of drug-likeness (QED) is 0.744. The first-order valence-corrected chi connectivity index (χ1v) is 7.10. The minimum Gasteiger partial charge on any atom is -0.313 e. The Labute approximate surface area is 106 Å². The lowest BCUT2D eigenvalue weighted by molar-refractivity contribution is -0.0135. The van der Waals surface area contributed by atoms with Crippen molar-refractivity contribution in [3.05, 3.63) is 0 Å². The van der Waals surface area contributed by atoms with Crippen LogP contribution in [-0.4, -0.2) is 12.6 Å². The maximum absolute atomic E-state index is 3.87. The van der Waals surface area contributed by atoms with Gasteiger partial charge < -0.3 is 5.32 Å². The Hall–Kier alpha value is 0.250. The molecule has 2 heteroatoms. The molecule has 0 aromatic rings. The van der Waals surface area contributed by atoms with Gasteiger partial charge in [0.25, 0.3) is 0 Å². The molecule has 0 radical (unpaired) electrons. The summed E-state index contributed by atoms with van der Waals surface area (Å²) in [4.78, 5) is 0. The van der Waals surface area contributed by atoms with Crippen LogP contribution in [0.5, 0.6) is 0 Å². The van der Waals surface area contributed by atoms with Crippen molar-refractivity contribution in [1.29, 1.82) is 0 Å². The average molecular weight is 244 g/mol. The molecular formula is C14H26ClN. The summed E-state index contributed by atoms with van der Waals surface area (Å²) >= 11 is 0. The molecule has 0 unspecified atom stereocenters. The molecule has 4 rings (SSSR count). The molecule has 0 aliphatic heterocycles. The monoisotopic (exact) mass is 243 g/mol. The molecule has 4 aliphatic carbocycles. The molecule has 0 atom stereocenters. The molecule has 0 amide bonds. The van der Waals surface area contributed by atoms with Gasteiger partial charge in [0.15, 0.2) is 0 Å². The number of hydrogen-bond acceptors (Lipinski definition) is 1. The number of halogens is 1. The molecule has 0 spiro atoms. The van der Waals surface area contributed by atoms with Gasteiger partial charge >= 0.3 is 0 Å². The van der Waals surface area contributed by atoms with Crippen molar-refractivity contribution in [2.45, 2.75) is 57.9 Å². The number of hydrogen-bond donors (Lipinski definition) is 1. The Morgan fingerprint density at radius 2 is 1.50 bits per heavy atom. The van der Waals surface area contributed by atoms with Gasteiger partial charge in [0.1, 0.15) is 0 Å². The molecule has 4 fully saturated rings. The van der Waals surface area contributed by atoms with Gasteiger partial charge in [-0.3, -0.25) is 0 Å². The maximum Gasteiger partial charge on any atom is 0.0124 e. The fourth-order valence-corrected chi connectivity index (χ4v) is 4.70. The molecular weight excluding hydrogens is 218 g/mol. The van der Waals surface area contributed by atoms with Crippen molar-refractivity contribution < 1.29 is 0 Å². The van der Waals surface area contributed by atoms with E-state index in [4.69, 9.17) is 0 Å². The summed E-state index contributed by atoms with van der Waals surface area (Å²) in [6, 6.07) is 0.907. The van der Waals surface area contributed by atoms with Gasteiger partial charge in [-0.15, -0.1) is 12.4 Å². The lowest BCUT2D eigenvalue weighted by atomic mass is 9.54. The van der Waals surface area contributed by atoms with Gasteiger partial charge in [0.2, 0.25) is 0 Å². The van der Waals surface area contributed by atoms with Gasteiger partial charge in [0.05, 0.1) is 0 Å². The third-order valence-corrected chi connectivity index (χ3v) is 5.14. The van der Waals surface area contributed by atoms with Crippen LogP contribution < -0.4 is 5.32 Å². The summed E-state index contributed by atoms with van der Waals surface area (Å²) in [5.41, 5.74) is 0. The third kappa shape index (κ3) is 2.26. The second-order valence-electron chi connectivity index (χ2n) is 6.26. The smallest absolute Gasteiger partial charge is 0.0124 e. The lowest BCUT2D eigenvalue weighted by Crippen LogP contribution is -2.54. The van der Waals surface area contributed by atoms with E-state index in [-0.39, 0.29) is 12.4 Å². The van der Waals surface area contributed by atoms with E-state index in [1.807, 2.05) is 0 Å². The predicted molar refractivity (Wildman–Crippen MR) is 71.0 cm³/mol. The highest BCUT2D eigenvalue weighted by molar-refractivity contribution is 5.85. The van der Waals surface area contributed by atoms with Gasteiger partial charge in [-0.05, 0) is 68.7 Å². The van der Waals surface area contributed by atoms with Crippen LogP contribution >= 0.6 is 12.4 Å². The van der Waals surface area contributed by atoms with Crippen LogP contribution in [-0.2, 0) is 0 Å². The molecule has 4 saturated carbocycles. The lowest BCUT2D eigenvalue weighted by Gasteiger charge is -2.54. The fourth-order valence-electron chi connectivity index (χ4n) is 4.70. The Bertz CT molecular complexity index is 201. The van der Waals surface area contributed by atoms with Crippen molar-refractivity contribution >= 4 is 12.4 Å². The van der Waals surface area contributed by atoms with Crippen molar-refractivity contribution in [3.8, 4) is 0 Å². The standard InChI is InChI=1S/C14H25N.ClH/c1-2-3-4-15-14-12-6-10-5-11(8-12)9-13(14)7-10;/h10-15H,2-9H2,1H3;1H. The van der Waals surface area contributed by atoms with Crippen LogP contribution in [0, 0.1) is 23.7 Å². The molecule has 0 aromatic heterocycles. The minimum absolute atomic E-state index is 0. The summed E-state index contributed by atoms with van der Waals surface area (Å²) in [6.07, 6.45) is 10.5. The van der Waals surface area contributed by atoms with Gasteiger partial charge in [-0.2, -0.15) is 0 Å². The highest BCUT2D eigenvalue weighted by atomic mass is 35.5. The van der Waals surface area contributed by atoms with Crippen LogP contribution in [0.25, 0.3) is 0 Å². The van der Waals surface area contributed by atoms with E-state index in [9.17, 15) is 0 Å². The van der Waals surface area contributed by atoms with E-state index >= 15 is 0 Å². The Balaban J connectivity index is 0.000000963. The first kappa shape index (κ1) is 12.7. The van der Waals surface area contributed by atoms with E-state index in [0.717, 1.165) is 29.7 Å². The van der Waals surface area contributed by atoms with Crippen LogP contribution in [0.4, 0.5) is 0 Å². The van der Waals surface area contributed by atoms with E-state index in [2.05, 4.69) is 12.2 Å². The topological polar surface area (TPSA) is 12.0 Å². The Morgan fingerprint density at radius 1 is 0.938 bits per heavy atom. The van der Waals surface area contributed by atoms with Gasteiger partial charge in [-0.1, -0.05) is 13.3 Å². The molecule has 94 valence electrons. The summed E-state index contributed by atoms with van der Waals surface area (Å²) in [5.74, 6) is 4.35. The van der Waals surface area contributed by atoms with Crippen LogP contribution in [0.1, 0.15) is 51.9 Å². The third-order valence-electron chi connectivity index (χ3n) is 5.14. The van der Waals surface area contributed by atoms with Crippen LogP contribution in [0.15, 0.2) is 0 Å². The van der Waals surface area contributed by atoms with Crippen molar-refractivity contribution in [3.63, 3.8) is 0 Å². The average Bonchev–Trinajstić information content (AvgIpc) is 2.21. The predicted octanol–water partition coefficient (Wildman–Crippen LogP) is 3.62. The zero-order valence-electron chi connectivity index (χ0n) is 10.5. The highest BCUT2D eigenvalue weighted by Gasteiger charge is 2.47. The Kier molecular flexibility index (Phi) is 4.18. The number of nitrogens with one attached hydrogen (secondary N) is 1. The first-order valence-electron chi connectivity index (χ1n) is 7.10. The first-order chi connectivity index (χ1) is 7.36. The second-order valence-corrected chi connectivity index (χ2v) is 6.26. The SMILES string of the molecule is CCCCNC1C2CC3CC(C2)CC1C3.Cl. The number of rotatable bonds is 4. The summed E-state index contributed by atoms with van der Waals surface area (Å²) in [6.45, 7) is 3.56. The zero-order chi connectivity index (χ0) is 10.3. The summed E-state index contributed by atoms with van der Waals surface area (Å²) < 4.78 is 0. The van der Waals surface area contributed by atoms with E-state index in [0.29, 0.717) is 0 Å². The molecule has 1 N–H and O–H groups in total. The molecule has 0 aromatic carbocycles. The maximum atomic E-state index is 3.87. The van der Waals surface area contributed by atoms with E-state index in [1.54, 1.807) is 32.1 Å². The molecule has 4 aliphatic rings. The van der Waals surface area contributed by atoms with Gasteiger partial charge in [0, 0.05) is 6.04 Å². The highest BCUT2D eigenvalue weighted by Crippen LogP contribution is 2.53. The zero-order valence-corrected chi connectivity index (χ0v) is 11.3. The molecule has 4 bridgehead atoms. The minimum atomic E-state index is 0. The van der Waals surface area contributed by atoms with Gasteiger partial charge in [-0.25, -0.2) is 0 Å². The Morgan fingerprint density at radius 3 is 2.00 bits per heavy atom. The summed E-state index contributed by atoms with van der Waals surface area (Å²) in [5, 5.41) is 3.87. The fraction of sp³-hybridized carbons (Fsp3) is 1.00. The molecule has 0 saturated heterocycles. The van der Waals surface area contributed by atoms with Crippen molar-refractivity contribution in [1.82, 2.24) is 5.32 Å². The molecule has 16 heavy (non-hydrogen) atoms. The largest absolute Gasteiger partial charge is 0.313 e. The van der Waals surface area contributed by atoms with E-state index < -0.39 is 0 Å².